The lowest BCUT2D eigenvalue weighted by Crippen LogP contribution is -2.61. The summed E-state index contributed by atoms with van der Waals surface area (Å²) in [5.74, 6) is -3.05. The molecule has 4 aliphatic rings. The highest BCUT2D eigenvalue weighted by molar-refractivity contribution is 5.93. The zero-order valence-corrected chi connectivity index (χ0v) is 35.6. The van der Waals surface area contributed by atoms with Crippen LogP contribution in [0.5, 0.6) is 0 Å². The van der Waals surface area contributed by atoms with E-state index in [1.54, 1.807) is 44.5 Å². The van der Waals surface area contributed by atoms with E-state index in [0.717, 1.165) is 0 Å². The van der Waals surface area contributed by atoms with Crippen LogP contribution in [-0.4, -0.2) is 168 Å². The summed E-state index contributed by atoms with van der Waals surface area (Å²) >= 11 is 0. The monoisotopic (exact) mass is 785 g/mol. The Kier molecular flexibility index (Phi) is 15.2. The van der Waals surface area contributed by atoms with Crippen molar-refractivity contribution in [3.05, 3.63) is 0 Å². The van der Waals surface area contributed by atoms with Crippen LogP contribution in [0.15, 0.2) is 0 Å². The Bertz CT molecular complexity index is 1320. The molecule has 3 amide bonds. The van der Waals surface area contributed by atoms with Crippen molar-refractivity contribution in [1.29, 1.82) is 0 Å². The van der Waals surface area contributed by atoms with Crippen LogP contribution in [0.25, 0.3) is 0 Å². The lowest BCUT2D eigenvalue weighted by Gasteiger charge is -2.49. The molecule has 4 heterocycles. The largest absolute Gasteiger partial charge is 0.387 e. The van der Waals surface area contributed by atoms with Crippen molar-refractivity contribution in [3.63, 3.8) is 0 Å². The number of methoxy groups -OCH3 is 1. The van der Waals surface area contributed by atoms with Gasteiger partial charge in [-0.1, -0.05) is 34.6 Å². The van der Waals surface area contributed by atoms with Crippen molar-refractivity contribution in [2.45, 2.75) is 173 Å². The number of hydrogen-bond acceptors (Lipinski definition) is 12. The quantitative estimate of drug-likeness (QED) is 0.295. The first kappa shape index (κ1) is 45.7. The Morgan fingerprint density at radius 3 is 2.24 bits per heavy atom. The topological polar surface area (TPSA) is 180 Å². The average molecular weight is 785 g/mol. The van der Waals surface area contributed by atoms with Crippen LogP contribution in [0.1, 0.15) is 94.4 Å². The Balaban J connectivity index is 1.84. The molecule has 0 unspecified atom stereocenters. The standard InChI is InChI=1S/C40H72N4O11/c1-21(2)30-37(49)43(12)20-22(3)18-39(8,50)34(55-38-31(45)28(42(10)11)17-23(4)52-38)24(5)32(54-29-19-40(9,51-13)33(46)26(7)53-29)25(6)36(48)44-16-14-15-27(44)35(47)41-30/h21-34,38,45-46,50H,14-20H2,1-13H3,(H,41,47)/t22-,23-,24+,25-,26+,27-,28+,29+,30+,31-,32+,33+,34-,38+,39-,40-/m1/s1. The van der Waals surface area contributed by atoms with E-state index >= 15 is 0 Å². The Labute approximate surface area is 328 Å². The zero-order chi connectivity index (χ0) is 41.3. The lowest BCUT2D eigenvalue weighted by molar-refractivity contribution is -0.317. The van der Waals surface area contributed by atoms with E-state index in [0.29, 0.717) is 25.8 Å². The van der Waals surface area contributed by atoms with Gasteiger partial charge in [-0.3, -0.25) is 14.4 Å². The summed E-state index contributed by atoms with van der Waals surface area (Å²) in [6.07, 6.45) is -5.06. The number of nitrogens with one attached hydrogen (secondary N) is 1. The van der Waals surface area contributed by atoms with E-state index in [4.69, 9.17) is 23.7 Å². The molecule has 15 nitrogen and oxygen atoms in total. The average Bonchev–Trinajstić information content (AvgIpc) is 3.60. The summed E-state index contributed by atoms with van der Waals surface area (Å²) in [5.41, 5.74) is -2.61. The number of carbonyl (C=O) groups is 3. The van der Waals surface area contributed by atoms with E-state index < -0.39 is 78.2 Å². The second-order valence-electron chi connectivity index (χ2n) is 18.1. The summed E-state index contributed by atoms with van der Waals surface area (Å²) < 4.78 is 31.8. The van der Waals surface area contributed by atoms with Gasteiger partial charge in [0.25, 0.3) is 0 Å². The molecule has 0 aromatic carbocycles. The molecule has 15 heteroatoms. The van der Waals surface area contributed by atoms with Crippen LogP contribution in [0.3, 0.4) is 0 Å². The lowest BCUT2D eigenvalue weighted by atomic mass is 9.77. The molecule has 0 aromatic rings. The molecule has 55 heavy (non-hydrogen) atoms. The maximum absolute atomic E-state index is 14.7. The van der Waals surface area contributed by atoms with Gasteiger partial charge < -0.3 is 59.0 Å². The Morgan fingerprint density at radius 1 is 0.982 bits per heavy atom. The molecule has 0 saturated carbocycles. The minimum Gasteiger partial charge on any atom is -0.387 e. The highest BCUT2D eigenvalue weighted by atomic mass is 16.7. The minimum absolute atomic E-state index is 0.149. The van der Waals surface area contributed by atoms with Gasteiger partial charge in [-0.05, 0) is 79.3 Å². The highest BCUT2D eigenvalue weighted by Crippen LogP contribution is 2.40. The zero-order valence-electron chi connectivity index (χ0n) is 35.6. The van der Waals surface area contributed by atoms with Crippen molar-refractivity contribution in [3.8, 4) is 0 Å². The number of fused-ring (bicyclic) bond motifs is 1. The third kappa shape index (κ3) is 10.2. The Morgan fingerprint density at radius 2 is 1.64 bits per heavy atom. The van der Waals surface area contributed by atoms with Crippen molar-refractivity contribution >= 4 is 17.7 Å². The van der Waals surface area contributed by atoms with E-state index in [9.17, 15) is 29.7 Å². The fraction of sp³-hybridized carbons (Fsp3) is 0.925. The number of ether oxygens (including phenoxy) is 5. The second kappa shape index (κ2) is 18.3. The maximum atomic E-state index is 14.7. The van der Waals surface area contributed by atoms with E-state index in [-0.39, 0.29) is 61.1 Å². The molecular weight excluding hydrogens is 712 g/mol. The first-order valence-electron chi connectivity index (χ1n) is 20.3. The third-order valence-electron chi connectivity index (χ3n) is 12.6. The van der Waals surface area contributed by atoms with Crippen LogP contribution in [-0.2, 0) is 38.1 Å². The molecular formula is C40H72N4O11. The number of aliphatic hydroxyl groups is 3. The van der Waals surface area contributed by atoms with Gasteiger partial charge in [0, 0.05) is 45.6 Å². The van der Waals surface area contributed by atoms with Crippen molar-refractivity contribution in [1.82, 2.24) is 20.0 Å². The minimum atomic E-state index is -1.60. The van der Waals surface area contributed by atoms with Crippen LogP contribution in [0, 0.1) is 23.7 Å². The molecule has 16 atom stereocenters. The number of hydrogen-bond donors (Lipinski definition) is 4. The van der Waals surface area contributed by atoms with Gasteiger partial charge in [0.1, 0.15) is 24.3 Å². The van der Waals surface area contributed by atoms with Crippen LogP contribution >= 0.6 is 0 Å². The van der Waals surface area contributed by atoms with Crippen molar-refractivity contribution < 1.29 is 53.4 Å². The van der Waals surface area contributed by atoms with Gasteiger partial charge in [0.15, 0.2) is 12.6 Å². The fourth-order valence-corrected chi connectivity index (χ4v) is 9.42. The van der Waals surface area contributed by atoms with Gasteiger partial charge in [0.2, 0.25) is 17.7 Å². The summed E-state index contributed by atoms with van der Waals surface area (Å²) in [5, 5.41) is 38.2. The van der Waals surface area contributed by atoms with Crippen molar-refractivity contribution in [2.24, 2.45) is 23.7 Å². The highest BCUT2D eigenvalue weighted by Gasteiger charge is 2.52. The Hall–Kier alpha value is -1.95. The normalized spacial score (nSPS) is 44.6. The number of nitrogens with zero attached hydrogens (tertiary/aromatic N) is 3. The molecule has 0 aliphatic carbocycles. The summed E-state index contributed by atoms with van der Waals surface area (Å²) in [6, 6.07) is -1.89. The molecule has 318 valence electrons. The smallest absolute Gasteiger partial charge is 0.245 e. The number of amides is 3. The molecule has 4 aliphatic heterocycles. The van der Waals surface area contributed by atoms with Gasteiger partial charge in [-0.25, -0.2) is 0 Å². The van der Waals surface area contributed by atoms with Gasteiger partial charge >= 0.3 is 0 Å². The van der Waals surface area contributed by atoms with Gasteiger partial charge in [-0.2, -0.15) is 0 Å². The number of carbonyl (C=O) groups excluding carboxylic acids is 3. The first-order valence-corrected chi connectivity index (χ1v) is 20.3. The van der Waals surface area contributed by atoms with E-state index in [1.807, 2.05) is 53.6 Å². The molecule has 4 N–H and O–H groups in total. The number of rotatable bonds is 7. The summed E-state index contributed by atoms with van der Waals surface area (Å²) in [6.45, 7) is 17.0. The molecule has 4 saturated heterocycles. The molecule has 0 bridgehead atoms. The number of likely N-dealkylation sites (N-methyl/N-ethyl adjacent to an activating group) is 2. The predicted molar refractivity (Wildman–Crippen MR) is 204 cm³/mol. The molecule has 4 rings (SSSR count). The molecule has 0 radical (unpaired) electrons. The van der Waals surface area contributed by atoms with E-state index in [2.05, 4.69) is 5.32 Å². The summed E-state index contributed by atoms with van der Waals surface area (Å²) in [7, 11) is 6.98. The van der Waals surface area contributed by atoms with Crippen LogP contribution in [0.4, 0.5) is 0 Å². The van der Waals surface area contributed by atoms with Gasteiger partial charge in [0.05, 0.1) is 41.5 Å². The third-order valence-corrected chi connectivity index (χ3v) is 12.6. The molecule has 0 aromatic heterocycles. The fourth-order valence-electron chi connectivity index (χ4n) is 9.42. The molecule has 0 spiro atoms. The predicted octanol–water partition coefficient (Wildman–Crippen LogP) is 1.74. The number of aliphatic hydroxyl groups excluding tert-OH is 2. The van der Waals surface area contributed by atoms with Crippen molar-refractivity contribution in [2.75, 3.05) is 41.3 Å². The SMILES string of the molecule is CO[C@]1(C)C[C@H](O[C@H]2[C@H](C)[C@@H](O[C@@H]3O[C@H](C)C[C@H](N(C)C)[C@H]3O)[C@](C)(O)C[C@@H](C)CN(C)C(=O)[C@H](C(C)C)NC(=O)[C@H]3CCCN3C(=O)[C@@H]2C)O[C@@H](C)[C@@H]1O. The van der Waals surface area contributed by atoms with Crippen LogP contribution < -0.4 is 5.32 Å². The first-order chi connectivity index (χ1) is 25.5. The second-order valence-corrected chi connectivity index (χ2v) is 18.1. The maximum Gasteiger partial charge on any atom is 0.245 e. The molecule has 4 fully saturated rings. The summed E-state index contributed by atoms with van der Waals surface area (Å²) in [4.78, 5) is 47.6. The van der Waals surface area contributed by atoms with Gasteiger partial charge in [-0.15, -0.1) is 0 Å². The van der Waals surface area contributed by atoms with E-state index in [1.165, 1.54) is 7.11 Å². The van der Waals surface area contributed by atoms with Crippen LogP contribution in [0.2, 0.25) is 0 Å².